The molecule has 0 bridgehead atoms. The van der Waals surface area contributed by atoms with Crippen LogP contribution in [-0.4, -0.2) is 11.2 Å². The van der Waals surface area contributed by atoms with E-state index in [2.05, 4.69) is 0 Å². The summed E-state index contributed by atoms with van der Waals surface area (Å²) in [5, 5.41) is 8.06. The third kappa shape index (κ3) is 135. The van der Waals surface area contributed by atoms with Crippen molar-refractivity contribution >= 4 is 37.2 Å². The summed E-state index contributed by atoms with van der Waals surface area (Å²) in [5.41, 5.74) is 0. The molecule has 0 heterocycles. The summed E-state index contributed by atoms with van der Waals surface area (Å²) >= 11 is 0. The van der Waals surface area contributed by atoms with Gasteiger partial charge >= 0.3 is 0 Å². The van der Waals surface area contributed by atoms with Crippen molar-refractivity contribution in [2.45, 2.75) is 20.0 Å². The van der Waals surface area contributed by atoms with Crippen LogP contribution in [0.4, 0.5) is 0 Å². The fraction of sp³-hybridized carbons (Fsp3) is 1.00. The zero-order valence-corrected chi connectivity index (χ0v) is 8.76. The first-order chi connectivity index (χ1) is 1.73. The fourth-order valence-corrected chi connectivity index (χ4v) is 0. The molecule has 0 radical (unpaired) electrons. The minimum Gasteiger partial charge on any atom is -0.394 e. The van der Waals surface area contributed by atoms with Crippen LogP contribution in [0.25, 0.3) is 0 Å². The molecule has 0 aliphatic rings. The van der Waals surface area contributed by atoms with Gasteiger partial charge in [0.1, 0.15) is 0 Å². The van der Waals surface area contributed by atoms with Crippen LogP contribution in [0.3, 0.4) is 0 Å². The maximum Gasteiger partial charge on any atom is 0.0483 e. The first-order valence-corrected chi connectivity index (χ1v) is 1.41. The molecule has 0 rings (SSSR count). The predicted molar refractivity (Wildman–Crippen MR) is 39.1 cm³/mol. The van der Waals surface area contributed by atoms with E-state index in [9.17, 15) is 0 Å². The Bertz CT molecular complexity index is 19.2. The third-order valence-corrected chi connectivity index (χ3v) is 0. The van der Waals surface area contributed by atoms with Gasteiger partial charge in [-0.1, -0.05) is 0 Å². The second-order valence-electron chi connectivity index (χ2n) is 1.09. The van der Waals surface area contributed by atoms with Crippen LogP contribution in [0, 0.1) is 0 Å². The minimum absolute atomic E-state index is 0. The van der Waals surface area contributed by atoms with Crippen LogP contribution < -0.4 is 0 Å². The molecule has 0 fully saturated rings. The molecular weight excluding hydrogens is 206 g/mol. The van der Waals surface area contributed by atoms with Gasteiger partial charge in [-0.2, -0.15) is 0 Å². The van der Waals surface area contributed by atoms with E-state index in [0.717, 1.165) is 0 Å². The molecule has 0 saturated carbocycles. The Morgan fingerprint density at radius 1 is 1.00 bits per heavy atom. The average Bonchev–Trinajstić information content (AvgIpc) is 0.811. The van der Waals surface area contributed by atoms with Gasteiger partial charge < -0.3 is 5.11 Å². The summed E-state index contributed by atoms with van der Waals surface area (Å²) in [5.74, 6) is 0. The molecule has 0 amide bonds. The first-order valence-electron chi connectivity index (χ1n) is 1.41. The van der Waals surface area contributed by atoms with E-state index in [1.807, 2.05) is 0 Å². The molecule has 0 aliphatic carbocycles. The maximum atomic E-state index is 8.06. The molecule has 0 atom stereocenters. The average molecular weight is 217 g/mol. The second kappa shape index (κ2) is 23.5. The number of aliphatic hydroxyl groups is 1. The number of halogens is 3. The first kappa shape index (κ1) is 33.7. The number of rotatable bonds is 0. The van der Waals surface area contributed by atoms with E-state index in [-0.39, 0.29) is 65.0 Å². The predicted octanol–water partition coefficient (Wildman–Crippen LogP) is 1.65. The minimum atomic E-state index is -0.167. The van der Waals surface area contributed by atoms with Gasteiger partial charge in [0, 0.05) is 27.8 Å². The van der Waals surface area contributed by atoms with Crippen LogP contribution in [0.15, 0.2) is 0 Å². The van der Waals surface area contributed by atoms with Crippen LogP contribution in [0.1, 0.15) is 13.8 Å². The van der Waals surface area contributed by atoms with E-state index in [1.54, 1.807) is 13.8 Å². The molecule has 0 aromatic rings. The number of aliphatic hydroxyl groups excluding tert-OH is 1. The van der Waals surface area contributed by atoms with Crippen molar-refractivity contribution < 1.29 is 26.8 Å². The molecule has 0 spiro atoms. The largest absolute Gasteiger partial charge is 0.394 e. The van der Waals surface area contributed by atoms with Crippen molar-refractivity contribution in [3.8, 4) is 0 Å². The van der Waals surface area contributed by atoms with E-state index in [0.29, 0.717) is 0 Å². The summed E-state index contributed by atoms with van der Waals surface area (Å²) in [6.07, 6.45) is -0.167. The second-order valence-corrected chi connectivity index (χ2v) is 1.09. The Kier molecular flexibility index (Phi) is 99.3. The molecule has 5 heteroatoms. The van der Waals surface area contributed by atoms with Gasteiger partial charge in [-0.3, -0.25) is 0 Å². The van der Waals surface area contributed by atoms with Crippen molar-refractivity contribution in [2.75, 3.05) is 0 Å². The SMILES string of the molecule is CC(C)O.Cl.Cl.Cl.[Ti]. The van der Waals surface area contributed by atoms with Gasteiger partial charge in [0.05, 0.1) is 0 Å². The van der Waals surface area contributed by atoms with Crippen LogP contribution in [0.2, 0.25) is 0 Å². The van der Waals surface area contributed by atoms with Crippen molar-refractivity contribution in [1.82, 2.24) is 0 Å². The molecule has 0 unspecified atom stereocenters. The van der Waals surface area contributed by atoms with Gasteiger partial charge in [0.25, 0.3) is 0 Å². The summed E-state index contributed by atoms with van der Waals surface area (Å²) in [4.78, 5) is 0. The Morgan fingerprint density at radius 2 is 1.00 bits per heavy atom. The Balaban J connectivity index is -0.00000000750. The molecule has 1 nitrogen and oxygen atoms in total. The number of hydrogen-bond donors (Lipinski definition) is 1. The van der Waals surface area contributed by atoms with Crippen LogP contribution >= 0.6 is 37.2 Å². The zero-order chi connectivity index (χ0) is 3.58. The smallest absolute Gasteiger partial charge is 0.0483 e. The van der Waals surface area contributed by atoms with E-state index in [1.165, 1.54) is 0 Å². The fourth-order valence-electron chi connectivity index (χ4n) is 0. The van der Waals surface area contributed by atoms with Crippen molar-refractivity contribution in [3.05, 3.63) is 0 Å². The topological polar surface area (TPSA) is 20.2 Å². The van der Waals surface area contributed by atoms with Crippen molar-refractivity contribution in [2.24, 2.45) is 0 Å². The standard InChI is InChI=1S/C3H8O.3ClH.Ti/c1-3(2)4;;;;/h3-4H,1-2H3;3*1H;. The molecular formula is C3H11Cl3OTi. The Labute approximate surface area is 83.7 Å². The molecule has 0 aliphatic heterocycles. The van der Waals surface area contributed by atoms with Crippen molar-refractivity contribution in [3.63, 3.8) is 0 Å². The van der Waals surface area contributed by atoms with E-state index in [4.69, 9.17) is 5.11 Å². The molecule has 1 N–H and O–H groups in total. The molecule has 0 aromatic carbocycles. The molecule has 0 saturated heterocycles. The van der Waals surface area contributed by atoms with Crippen molar-refractivity contribution in [1.29, 1.82) is 0 Å². The normalized spacial score (nSPS) is 4.50. The van der Waals surface area contributed by atoms with Crippen LogP contribution in [-0.2, 0) is 21.7 Å². The summed E-state index contributed by atoms with van der Waals surface area (Å²) in [6, 6.07) is 0. The van der Waals surface area contributed by atoms with Gasteiger partial charge in [-0.25, -0.2) is 0 Å². The number of hydrogen-bond acceptors (Lipinski definition) is 1. The maximum absolute atomic E-state index is 8.06. The summed E-state index contributed by atoms with van der Waals surface area (Å²) in [6.45, 7) is 3.44. The van der Waals surface area contributed by atoms with E-state index >= 15 is 0 Å². The summed E-state index contributed by atoms with van der Waals surface area (Å²) < 4.78 is 0. The van der Waals surface area contributed by atoms with Crippen LogP contribution in [0.5, 0.6) is 0 Å². The molecule has 0 aromatic heterocycles. The van der Waals surface area contributed by atoms with Gasteiger partial charge in [-0.15, -0.1) is 37.2 Å². The zero-order valence-electron chi connectivity index (χ0n) is 4.75. The Morgan fingerprint density at radius 3 is 1.00 bits per heavy atom. The molecule has 8 heavy (non-hydrogen) atoms. The van der Waals surface area contributed by atoms with Gasteiger partial charge in [0.2, 0.25) is 0 Å². The Hall–Kier alpha value is 1.54. The van der Waals surface area contributed by atoms with Gasteiger partial charge in [-0.05, 0) is 13.8 Å². The van der Waals surface area contributed by atoms with E-state index < -0.39 is 0 Å². The third-order valence-electron chi connectivity index (χ3n) is 0. The van der Waals surface area contributed by atoms with Gasteiger partial charge in [0.15, 0.2) is 0 Å². The molecule has 54 valence electrons. The summed E-state index contributed by atoms with van der Waals surface area (Å²) in [7, 11) is 0. The quantitative estimate of drug-likeness (QED) is 0.612. The monoisotopic (exact) mass is 216 g/mol.